The largest absolute Gasteiger partial charge is 0.324 e. The van der Waals surface area contributed by atoms with Gasteiger partial charge >= 0.3 is 0 Å². The molecule has 0 unspecified atom stereocenters. The van der Waals surface area contributed by atoms with Gasteiger partial charge in [-0.15, -0.1) is 0 Å². The molecule has 0 radical (unpaired) electrons. The Balaban J connectivity index is 1.78. The number of hydrogen-bond acceptors (Lipinski definition) is 2. The van der Waals surface area contributed by atoms with Gasteiger partial charge in [0.2, 0.25) is 5.91 Å². The number of benzene rings is 2. The summed E-state index contributed by atoms with van der Waals surface area (Å²) in [4.78, 5) is 12.0. The van der Waals surface area contributed by atoms with Gasteiger partial charge in [-0.3, -0.25) is 4.79 Å². The van der Waals surface area contributed by atoms with Crippen molar-refractivity contribution in [2.45, 2.75) is 20.3 Å². The predicted molar refractivity (Wildman–Crippen MR) is 100 cm³/mol. The Kier molecular flexibility index (Phi) is 6.39. The van der Waals surface area contributed by atoms with Gasteiger partial charge in [0.1, 0.15) is 0 Å². The van der Waals surface area contributed by atoms with E-state index in [9.17, 15) is 4.79 Å². The summed E-state index contributed by atoms with van der Waals surface area (Å²) in [5.74, 6) is 0.000147. The number of carbonyl (C=O) groups excluding carboxylic acids is 1. The first-order chi connectivity index (χ1) is 10.6. The molecule has 0 bridgehead atoms. The Morgan fingerprint density at radius 2 is 1.73 bits per heavy atom. The summed E-state index contributed by atoms with van der Waals surface area (Å²) in [5, 5.41) is 6.19. The number of aryl methyl sites for hydroxylation is 2. The van der Waals surface area contributed by atoms with Crippen LogP contribution in [0.3, 0.4) is 0 Å². The highest BCUT2D eigenvalue weighted by atomic mass is 127. The van der Waals surface area contributed by atoms with Crippen LogP contribution in [0, 0.1) is 17.4 Å². The highest BCUT2D eigenvalue weighted by Gasteiger charge is 2.06. The Bertz CT molecular complexity index is 635. The van der Waals surface area contributed by atoms with Crippen molar-refractivity contribution in [3.8, 4) is 0 Å². The third-order valence-corrected chi connectivity index (χ3v) is 4.61. The standard InChI is InChI=1S/C18H21IN2O/c1-13-6-5-7-14(2)18(13)21-17(22)12-20-11-10-15-8-3-4-9-16(15)19/h3-9,20H,10-12H2,1-2H3,(H,21,22). The molecule has 22 heavy (non-hydrogen) atoms. The molecule has 0 heterocycles. The van der Waals surface area contributed by atoms with E-state index in [0.717, 1.165) is 29.8 Å². The zero-order valence-electron chi connectivity index (χ0n) is 12.9. The lowest BCUT2D eigenvalue weighted by molar-refractivity contribution is -0.115. The summed E-state index contributed by atoms with van der Waals surface area (Å²) >= 11 is 2.34. The summed E-state index contributed by atoms with van der Waals surface area (Å²) in [6.45, 7) is 5.14. The van der Waals surface area contributed by atoms with E-state index in [-0.39, 0.29) is 5.91 Å². The van der Waals surface area contributed by atoms with Crippen LogP contribution < -0.4 is 10.6 Å². The van der Waals surface area contributed by atoms with Gasteiger partial charge in [-0.05, 0) is 72.2 Å². The summed E-state index contributed by atoms with van der Waals surface area (Å²) in [6, 6.07) is 14.3. The molecular formula is C18H21IN2O. The van der Waals surface area contributed by atoms with Gasteiger partial charge in [0.25, 0.3) is 0 Å². The van der Waals surface area contributed by atoms with E-state index in [1.165, 1.54) is 9.13 Å². The highest BCUT2D eigenvalue weighted by Crippen LogP contribution is 2.19. The number of rotatable bonds is 6. The highest BCUT2D eigenvalue weighted by molar-refractivity contribution is 14.1. The zero-order valence-corrected chi connectivity index (χ0v) is 15.1. The number of amides is 1. The first-order valence-corrected chi connectivity index (χ1v) is 8.46. The second-order valence-electron chi connectivity index (χ2n) is 5.33. The quantitative estimate of drug-likeness (QED) is 0.566. The minimum absolute atomic E-state index is 0.000147. The van der Waals surface area contributed by atoms with Gasteiger partial charge in [-0.25, -0.2) is 0 Å². The van der Waals surface area contributed by atoms with Gasteiger partial charge in [0, 0.05) is 9.26 Å². The fraction of sp³-hybridized carbons (Fsp3) is 0.278. The Hall–Kier alpha value is -1.40. The number of halogens is 1. The molecule has 1 amide bonds. The fourth-order valence-electron chi connectivity index (χ4n) is 2.32. The molecule has 2 N–H and O–H groups in total. The molecule has 2 aromatic rings. The Morgan fingerprint density at radius 1 is 1.05 bits per heavy atom. The molecule has 0 atom stereocenters. The topological polar surface area (TPSA) is 41.1 Å². The van der Waals surface area contributed by atoms with Crippen molar-refractivity contribution in [2.75, 3.05) is 18.4 Å². The molecule has 2 rings (SSSR count). The van der Waals surface area contributed by atoms with Crippen LogP contribution in [0.2, 0.25) is 0 Å². The molecule has 116 valence electrons. The number of anilines is 1. The summed E-state index contributed by atoms with van der Waals surface area (Å²) < 4.78 is 1.27. The van der Waals surface area contributed by atoms with Crippen LogP contribution in [-0.4, -0.2) is 19.0 Å². The van der Waals surface area contributed by atoms with Crippen molar-refractivity contribution in [1.82, 2.24) is 5.32 Å². The van der Waals surface area contributed by atoms with Crippen molar-refractivity contribution in [3.05, 3.63) is 62.7 Å². The molecule has 0 spiro atoms. The molecule has 2 aromatic carbocycles. The number of hydrogen-bond donors (Lipinski definition) is 2. The SMILES string of the molecule is Cc1cccc(C)c1NC(=O)CNCCc1ccccc1I. The van der Waals surface area contributed by atoms with Crippen LogP contribution >= 0.6 is 22.6 Å². The summed E-state index contributed by atoms with van der Waals surface area (Å²) in [6.07, 6.45) is 0.926. The molecule has 0 aliphatic heterocycles. The molecule has 0 aliphatic carbocycles. The second-order valence-corrected chi connectivity index (χ2v) is 6.50. The number of carbonyl (C=O) groups is 1. The lowest BCUT2D eigenvalue weighted by Gasteiger charge is -2.12. The van der Waals surface area contributed by atoms with E-state index < -0.39 is 0 Å². The van der Waals surface area contributed by atoms with Gasteiger partial charge in [0.05, 0.1) is 6.54 Å². The van der Waals surface area contributed by atoms with E-state index in [2.05, 4.69) is 45.4 Å². The van der Waals surface area contributed by atoms with Gasteiger partial charge in [0.15, 0.2) is 0 Å². The maximum Gasteiger partial charge on any atom is 0.238 e. The lowest BCUT2D eigenvalue weighted by atomic mass is 10.1. The minimum Gasteiger partial charge on any atom is -0.324 e. The summed E-state index contributed by atoms with van der Waals surface area (Å²) in [7, 11) is 0. The third-order valence-electron chi connectivity index (χ3n) is 3.56. The van der Waals surface area contributed by atoms with E-state index >= 15 is 0 Å². The third kappa shape index (κ3) is 4.81. The van der Waals surface area contributed by atoms with E-state index in [4.69, 9.17) is 0 Å². The van der Waals surface area contributed by atoms with Crippen molar-refractivity contribution < 1.29 is 4.79 Å². The second kappa shape index (κ2) is 8.29. The maximum atomic E-state index is 12.0. The zero-order chi connectivity index (χ0) is 15.9. The van der Waals surface area contributed by atoms with Crippen molar-refractivity contribution in [2.24, 2.45) is 0 Å². The Morgan fingerprint density at radius 3 is 2.41 bits per heavy atom. The molecule has 0 saturated carbocycles. The van der Waals surface area contributed by atoms with Crippen molar-refractivity contribution in [3.63, 3.8) is 0 Å². The van der Waals surface area contributed by atoms with Crippen LogP contribution in [0.4, 0.5) is 5.69 Å². The summed E-state index contributed by atoms with van der Waals surface area (Å²) in [5.41, 5.74) is 4.41. The molecule has 0 saturated heterocycles. The Labute approximate surface area is 145 Å². The van der Waals surface area contributed by atoms with Crippen molar-refractivity contribution in [1.29, 1.82) is 0 Å². The molecule has 0 aromatic heterocycles. The van der Waals surface area contributed by atoms with Gasteiger partial charge in [-0.1, -0.05) is 36.4 Å². The van der Waals surface area contributed by atoms with Gasteiger partial charge in [-0.2, -0.15) is 0 Å². The van der Waals surface area contributed by atoms with Crippen LogP contribution in [0.15, 0.2) is 42.5 Å². The normalized spacial score (nSPS) is 10.5. The fourth-order valence-corrected chi connectivity index (χ4v) is 2.98. The van der Waals surface area contributed by atoms with E-state index in [1.54, 1.807) is 0 Å². The van der Waals surface area contributed by atoms with Crippen LogP contribution in [0.5, 0.6) is 0 Å². The molecule has 0 fully saturated rings. The first-order valence-electron chi connectivity index (χ1n) is 7.38. The average molecular weight is 408 g/mol. The predicted octanol–water partition coefficient (Wildman–Crippen LogP) is 3.68. The minimum atomic E-state index is 0.000147. The first kappa shape index (κ1) is 17.0. The van der Waals surface area contributed by atoms with E-state index in [0.29, 0.717) is 6.54 Å². The molecule has 0 aliphatic rings. The maximum absolute atomic E-state index is 12.0. The number of nitrogens with one attached hydrogen (secondary N) is 2. The van der Waals surface area contributed by atoms with Gasteiger partial charge < -0.3 is 10.6 Å². The van der Waals surface area contributed by atoms with Crippen LogP contribution in [0.1, 0.15) is 16.7 Å². The average Bonchev–Trinajstić information content (AvgIpc) is 2.49. The smallest absolute Gasteiger partial charge is 0.238 e. The lowest BCUT2D eigenvalue weighted by Crippen LogP contribution is -2.30. The van der Waals surface area contributed by atoms with Crippen LogP contribution in [0.25, 0.3) is 0 Å². The van der Waals surface area contributed by atoms with Crippen molar-refractivity contribution >= 4 is 34.2 Å². The van der Waals surface area contributed by atoms with Crippen LogP contribution in [-0.2, 0) is 11.2 Å². The molecule has 4 heteroatoms. The van der Waals surface area contributed by atoms with E-state index in [1.807, 2.05) is 44.2 Å². The molecule has 3 nitrogen and oxygen atoms in total. The number of para-hydroxylation sites is 1. The molecular weight excluding hydrogens is 387 g/mol. The monoisotopic (exact) mass is 408 g/mol.